The monoisotopic (exact) mass is 196 g/mol. The fourth-order valence-electron chi connectivity index (χ4n) is 1.79. The Morgan fingerprint density at radius 2 is 2.23 bits per heavy atom. The van der Waals surface area contributed by atoms with E-state index >= 15 is 0 Å². The lowest BCUT2D eigenvalue weighted by Crippen LogP contribution is -2.34. The quantitative estimate of drug-likeness (QED) is 0.578. The first kappa shape index (κ1) is 8.82. The van der Waals surface area contributed by atoms with Crippen molar-refractivity contribution in [3.63, 3.8) is 0 Å². The van der Waals surface area contributed by atoms with Gasteiger partial charge in [-0.1, -0.05) is 24.3 Å². The van der Waals surface area contributed by atoms with Gasteiger partial charge in [0.1, 0.15) is 0 Å². The Morgan fingerprint density at radius 1 is 1.46 bits per heavy atom. The second-order valence-corrected chi connectivity index (χ2v) is 3.60. The maximum absolute atomic E-state index is 10.4. The largest absolute Gasteiger partial charge is 0.496 e. The van der Waals surface area contributed by atoms with Crippen molar-refractivity contribution in [2.75, 3.05) is 0 Å². The molecule has 2 N–H and O–H groups in total. The van der Waals surface area contributed by atoms with Gasteiger partial charge < -0.3 is 0 Å². The van der Waals surface area contributed by atoms with Crippen LogP contribution in [0.2, 0.25) is 0 Å². The van der Waals surface area contributed by atoms with Gasteiger partial charge in [-0.05, 0) is 16.5 Å². The van der Waals surface area contributed by atoms with E-state index in [0.29, 0.717) is 6.42 Å². The van der Waals surface area contributed by atoms with Gasteiger partial charge in [0.05, 0.1) is 0 Å². The van der Waals surface area contributed by atoms with Crippen LogP contribution in [0.3, 0.4) is 0 Å². The van der Waals surface area contributed by atoms with Gasteiger partial charge >= 0.3 is 8.69 Å². The smallest absolute Gasteiger partial charge is 0.295 e. The van der Waals surface area contributed by atoms with Crippen LogP contribution in [0.15, 0.2) is 24.3 Å². The highest BCUT2D eigenvalue weighted by Gasteiger charge is 2.39. The van der Waals surface area contributed by atoms with Crippen LogP contribution in [0.25, 0.3) is 0 Å². The summed E-state index contributed by atoms with van der Waals surface area (Å²) in [7, 11) is -0.800. The van der Waals surface area contributed by atoms with Gasteiger partial charge in [-0.15, -0.1) is 4.52 Å². The van der Waals surface area contributed by atoms with E-state index < -0.39 is 14.4 Å². The molecular formula is C9H11NO2P+. The first-order chi connectivity index (χ1) is 6.26. The van der Waals surface area contributed by atoms with E-state index in [4.69, 9.17) is 10.3 Å². The van der Waals surface area contributed by atoms with Gasteiger partial charge in [-0.2, -0.15) is 0 Å². The predicted octanol–water partition coefficient (Wildman–Crippen LogP) is 1.70. The molecule has 0 heterocycles. The van der Waals surface area contributed by atoms with Crippen molar-refractivity contribution in [1.82, 2.24) is 0 Å². The summed E-state index contributed by atoms with van der Waals surface area (Å²) in [5.41, 5.74) is 7.31. The summed E-state index contributed by atoms with van der Waals surface area (Å²) in [6, 6.07) is 7.86. The number of hydrogen-bond donors (Lipinski definition) is 1. The number of benzene rings is 1. The molecule has 0 amide bonds. The van der Waals surface area contributed by atoms with Crippen molar-refractivity contribution >= 4 is 8.69 Å². The summed E-state index contributed by atoms with van der Waals surface area (Å²) in [6.45, 7) is 0. The topological polar surface area (TPSA) is 52.3 Å². The Labute approximate surface area is 78.2 Å². The molecule has 1 aliphatic carbocycles. The third-order valence-corrected chi connectivity index (χ3v) is 2.91. The highest BCUT2D eigenvalue weighted by molar-refractivity contribution is 7.17. The fraction of sp³-hybridized carbons (Fsp3) is 0.333. The minimum Gasteiger partial charge on any atom is -0.295 e. The number of fused-ring (bicyclic) bond motifs is 1. The van der Waals surface area contributed by atoms with Crippen LogP contribution >= 0.6 is 8.69 Å². The van der Waals surface area contributed by atoms with Crippen LogP contribution in [0.4, 0.5) is 0 Å². The van der Waals surface area contributed by atoms with Crippen molar-refractivity contribution in [2.45, 2.75) is 18.6 Å². The molecule has 1 aromatic rings. The fourth-order valence-corrected chi connectivity index (χ4v) is 2.15. The van der Waals surface area contributed by atoms with Gasteiger partial charge in [0, 0.05) is 12.0 Å². The molecule has 13 heavy (non-hydrogen) atoms. The highest BCUT2D eigenvalue weighted by Crippen LogP contribution is 2.37. The third kappa shape index (κ3) is 1.39. The number of nitrogens with two attached hydrogens (primary N) is 1. The zero-order valence-electron chi connectivity index (χ0n) is 7.12. The van der Waals surface area contributed by atoms with Crippen LogP contribution < -0.4 is 5.73 Å². The minimum atomic E-state index is -0.823. The Morgan fingerprint density at radius 3 is 3.00 bits per heavy atom. The molecule has 3 nitrogen and oxygen atoms in total. The van der Waals surface area contributed by atoms with Gasteiger partial charge in [-0.3, -0.25) is 5.73 Å². The Balaban J connectivity index is 2.42. The van der Waals surface area contributed by atoms with Crippen molar-refractivity contribution in [1.29, 1.82) is 0 Å². The van der Waals surface area contributed by atoms with Crippen LogP contribution in [0.1, 0.15) is 17.5 Å². The number of rotatable bonds is 2. The Hall–Kier alpha value is -0.760. The standard InChI is InChI=1S/C9H11NO2P/c10-9(12-13-11)6-5-7-3-1-2-4-8(7)9/h1-4,13H,5-6,10H2/q+1. The van der Waals surface area contributed by atoms with E-state index in [9.17, 15) is 4.57 Å². The van der Waals surface area contributed by atoms with Crippen LogP contribution in [-0.2, 0) is 21.2 Å². The SMILES string of the molecule is NC1(O[PH+]=O)CCc2ccccc21. The lowest BCUT2D eigenvalue weighted by Gasteiger charge is -2.16. The molecule has 1 aliphatic rings. The van der Waals surface area contributed by atoms with Crippen LogP contribution in [-0.4, -0.2) is 0 Å². The predicted molar refractivity (Wildman–Crippen MR) is 50.7 cm³/mol. The summed E-state index contributed by atoms with van der Waals surface area (Å²) in [5.74, 6) is 0. The van der Waals surface area contributed by atoms with Crippen molar-refractivity contribution < 1.29 is 9.09 Å². The van der Waals surface area contributed by atoms with Gasteiger partial charge in [-0.25, -0.2) is 0 Å². The molecule has 0 aliphatic heterocycles. The maximum Gasteiger partial charge on any atom is 0.496 e. The molecule has 0 bridgehead atoms. The molecule has 0 spiro atoms. The van der Waals surface area contributed by atoms with E-state index in [1.807, 2.05) is 24.3 Å². The molecule has 0 saturated carbocycles. The van der Waals surface area contributed by atoms with E-state index in [-0.39, 0.29) is 0 Å². The van der Waals surface area contributed by atoms with Gasteiger partial charge in [0.25, 0.3) is 0 Å². The van der Waals surface area contributed by atoms with Gasteiger partial charge in [0.2, 0.25) is 0 Å². The zero-order chi connectivity index (χ0) is 9.31. The van der Waals surface area contributed by atoms with E-state index in [1.54, 1.807) is 0 Å². The molecule has 4 heteroatoms. The average molecular weight is 196 g/mol. The van der Waals surface area contributed by atoms with Crippen molar-refractivity contribution in [2.24, 2.45) is 5.73 Å². The molecule has 2 rings (SSSR count). The summed E-state index contributed by atoms with van der Waals surface area (Å²) >= 11 is 0. The lowest BCUT2D eigenvalue weighted by molar-refractivity contribution is 0.0925. The lowest BCUT2D eigenvalue weighted by atomic mass is 10.1. The second-order valence-electron chi connectivity index (χ2n) is 3.23. The van der Waals surface area contributed by atoms with E-state index in [1.165, 1.54) is 5.56 Å². The molecular weight excluding hydrogens is 185 g/mol. The van der Waals surface area contributed by atoms with Crippen molar-refractivity contribution in [3.05, 3.63) is 35.4 Å². The van der Waals surface area contributed by atoms with Crippen LogP contribution in [0, 0.1) is 0 Å². The summed E-state index contributed by atoms with van der Waals surface area (Å²) in [5, 5.41) is 0. The average Bonchev–Trinajstić information content (AvgIpc) is 2.46. The minimum absolute atomic E-state index is 0.710. The molecule has 0 fully saturated rings. The number of aryl methyl sites for hydroxylation is 1. The summed E-state index contributed by atoms with van der Waals surface area (Å²) in [4.78, 5) is 0. The Kier molecular flexibility index (Phi) is 2.16. The third-order valence-electron chi connectivity index (χ3n) is 2.46. The van der Waals surface area contributed by atoms with E-state index in [0.717, 1.165) is 12.0 Å². The molecule has 0 saturated heterocycles. The molecule has 0 aromatic heterocycles. The van der Waals surface area contributed by atoms with E-state index in [2.05, 4.69) is 0 Å². The molecule has 0 radical (unpaired) electrons. The Bertz CT molecular complexity index is 342. The normalized spacial score (nSPS) is 26.2. The van der Waals surface area contributed by atoms with Crippen molar-refractivity contribution in [3.8, 4) is 0 Å². The van der Waals surface area contributed by atoms with Gasteiger partial charge in [0.15, 0.2) is 5.72 Å². The summed E-state index contributed by atoms with van der Waals surface area (Å²) in [6.07, 6.45) is 1.61. The number of hydrogen-bond acceptors (Lipinski definition) is 3. The first-order valence-electron chi connectivity index (χ1n) is 4.19. The second kappa shape index (κ2) is 3.18. The first-order valence-corrected chi connectivity index (χ1v) is 5.00. The zero-order valence-corrected chi connectivity index (χ0v) is 8.12. The highest BCUT2D eigenvalue weighted by atomic mass is 31.1. The molecule has 68 valence electrons. The van der Waals surface area contributed by atoms with Crippen LogP contribution in [0.5, 0.6) is 0 Å². The molecule has 2 atom stereocenters. The molecule has 2 unspecified atom stereocenters. The maximum atomic E-state index is 10.4. The molecule has 1 aromatic carbocycles. The summed E-state index contributed by atoms with van der Waals surface area (Å²) < 4.78 is 15.5.